The molecule has 2 N–H and O–H groups in total. The summed E-state index contributed by atoms with van der Waals surface area (Å²) >= 11 is 0. The maximum absolute atomic E-state index is 14.1. The van der Waals surface area contributed by atoms with Gasteiger partial charge in [-0.15, -0.1) is 0 Å². The van der Waals surface area contributed by atoms with E-state index in [1.807, 2.05) is 54.6 Å². The smallest absolute Gasteiger partial charge is 0.449 e. The first-order chi connectivity index (χ1) is 23.0. The van der Waals surface area contributed by atoms with Gasteiger partial charge < -0.3 is 24.7 Å². The summed E-state index contributed by atoms with van der Waals surface area (Å²) in [5.74, 6) is 0.729. The number of benzene rings is 3. The molecule has 7 nitrogen and oxygen atoms in total. The number of carbonyl (C=O) groups is 2. The topological polar surface area (TPSA) is 85.9 Å². The lowest BCUT2D eigenvalue weighted by Gasteiger charge is -2.64. The third-order valence-electron chi connectivity index (χ3n) is 11.9. The summed E-state index contributed by atoms with van der Waals surface area (Å²) in [6.45, 7) is 11.4. The molecule has 0 radical (unpaired) electrons. The van der Waals surface area contributed by atoms with Crippen LogP contribution in [0.2, 0.25) is 0 Å². The van der Waals surface area contributed by atoms with Gasteiger partial charge in [0.15, 0.2) is 0 Å². The van der Waals surface area contributed by atoms with Crippen molar-refractivity contribution in [2.75, 3.05) is 6.61 Å². The summed E-state index contributed by atoms with van der Waals surface area (Å²) in [7, 11) is -0.536. The van der Waals surface area contributed by atoms with Gasteiger partial charge in [-0.1, -0.05) is 107 Å². The molecule has 3 aromatic rings. The van der Waals surface area contributed by atoms with Crippen LogP contribution >= 0.6 is 0 Å². The molecule has 1 saturated heterocycles. The molecule has 0 aromatic heterocycles. The molecule has 2 amide bonds. The Balaban J connectivity index is 1.05. The standard InChI is InChI=1S/C40H49BN2O5/c1-25(2)21-36(41-47-35-23-27-22-34(39(27,3)4)40(35,5)48-41)43-37(44)33(20-19-26-13-7-6-8-14-26)42-38(45)46-24-32-30-17-11-9-15-28(30)29-16-10-12-18-31(29)32/h6-18,25,27,32-36H,19-24H2,1-5H3,(H,42,45)(H,43,44)/t27-,33-,34-,35+,36-,40-/m0/s1. The molecular formula is C40H49BN2O5. The highest BCUT2D eigenvalue weighted by Gasteiger charge is 2.68. The van der Waals surface area contributed by atoms with E-state index in [1.54, 1.807) is 0 Å². The first-order valence-corrected chi connectivity index (χ1v) is 17.8. The van der Waals surface area contributed by atoms with Gasteiger partial charge in [0.1, 0.15) is 12.6 Å². The summed E-state index contributed by atoms with van der Waals surface area (Å²) in [6.07, 6.45) is 3.35. The summed E-state index contributed by atoms with van der Waals surface area (Å²) in [5, 5.41) is 6.21. The fraction of sp³-hybridized carbons (Fsp3) is 0.500. The van der Waals surface area contributed by atoms with Gasteiger partial charge in [-0.2, -0.15) is 0 Å². The van der Waals surface area contributed by atoms with Crippen LogP contribution in [-0.4, -0.2) is 49.4 Å². The molecule has 6 atom stereocenters. The van der Waals surface area contributed by atoms with E-state index in [0.717, 1.165) is 23.1 Å². The predicted octanol–water partition coefficient (Wildman–Crippen LogP) is 7.32. The number of alkyl carbamates (subject to hydrolysis) is 1. The molecule has 4 fully saturated rings. The molecule has 252 valence electrons. The van der Waals surface area contributed by atoms with Crippen LogP contribution in [0, 0.1) is 23.2 Å². The molecule has 5 aliphatic rings. The Morgan fingerprint density at radius 1 is 0.896 bits per heavy atom. The molecule has 48 heavy (non-hydrogen) atoms. The highest BCUT2D eigenvalue weighted by atomic mass is 16.7. The van der Waals surface area contributed by atoms with E-state index in [0.29, 0.717) is 37.0 Å². The Labute approximate surface area is 285 Å². The lowest BCUT2D eigenvalue weighted by Crippen LogP contribution is -2.65. The number of hydrogen-bond donors (Lipinski definition) is 2. The maximum Gasteiger partial charge on any atom is 0.481 e. The van der Waals surface area contributed by atoms with Gasteiger partial charge in [-0.3, -0.25) is 4.79 Å². The quantitative estimate of drug-likeness (QED) is 0.213. The van der Waals surface area contributed by atoms with Crippen LogP contribution in [-0.2, 0) is 25.3 Å². The first-order valence-electron chi connectivity index (χ1n) is 17.8. The molecule has 0 spiro atoms. The van der Waals surface area contributed by atoms with Crippen LogP contribution in [0.15, 0.2) is 78.9 Å². The zero-order chi connectivity index (χ0) is 33.6. The van der Waals surface area contributed by atoms with Crippen molar-refractivity contribution in [1.29, 1.82) is 0 Å². The predicted molar refractivity (Wildman–Crippen MR) is 188 cm³/mol. The monoisotopic (exact) mass is 648 g/mol. The van der Waals surface area contributed by atoms with Crippen molar-refractivity contribution in [2.24, 2.45) is 23.2 Å². The number of fused-ring (bicyclic) bond motifs is 3. The second-order valence-electron chi connectivity index (χ2n) is 15.6. The van der Waals surface area contributed by atoms with Gasteiger partial charge in [-0.25, -0.2) is 4.79 Å². The van der Waals surface area contributed by atoms with Crippen molar-refractivity contribution >= 4 is 19.1 Å². The van der Waals surface area contributed by atoms with E-state index < -0.39 is 19.3 Å². The number of nitrogens with one attached hydrogen (secondary N) is 2. The van der Waals surface area contributed by atoms with Crippen molar-refractivity contribution in [3.8, 4) is 11.1 Å². The minimum atomic E-state index is -0.790. The Morgan fingerprint density at radius 2 is 1.54 bits per heavy atom. The fourth-order valence-corrected chi connectivity index (χ4v) is 9.11. The van der Waals surface area contributed by atoms with Crippen molar-refractivity contribution in [2.45, 2.75) is 96.3 Å². The van der Waals surface area contributed by atoms with Crippen LogP contribution in [0.3, 0.4) is 0 Å². The SMILES string of the molecule is CC(C)C[C@H](NC(=O)[C@H](CCc1ccccc1)NC(=O)OCC1c2ccccc2-c2ccccc21)B1O[C@@H]2C[C@@H]3C[C@@H](C3(C)C)[C@]2(C)O1. The average Bonchev–Trinajstić information content (AvgIpc) is 3.60. The lowest BCUT2D eigenvalue weighted by atomic mass is 9.43. The van der Waals surface area contributed by atoms with Gasteiger partial charge >= 0.3 is 13.2 Å². The van der Waals surface area contributed by atoms with E-state index in [-0.39, 0.29) is 41.5 Å². The molecule has 3 aromatic carbocycles. The molecule has 1 aliphatic heterocycles. The van der Waals surface area contributed by atoms with Crippen LogP contribution < -0.4 is 10.6 Å². The van der Waals surface area contributed by atoms with Crippen LogP contribution in [0.4, 0.5) is 4.79 Å². The number of aryl methyl sites for hydroxylation is 1. The molecule has 2 bridgehead atoms. The van der Waals surface area contributed by atoms with Gasteiger partial charge in [0.2, 0.25) is 5.91 Å². The van der Waals surface area contributed by atoms with Crippen molar-refractivity contribution in [3.63, 3.8) is 0 Å². The van der Waals surface area contributed by atoms with Crippen LogP contribution in [0.5, 0.6) is 0 Å². The number of amides is 2. The Kier molecular flexibility index (Phi) is 8.92. The second kappa shape index (κ2) is 13.0. The van der Waals surface area contributed by atoms with Gasteiger partial charge in [-0.05, 0) is 90.0 Å². The molecule has 8 heteroatoms. The molecule has 8 rings (SSSR count). The van der Waals surface area contributed by atoms with Crippen molar-refractivity contribution in [1.82, 2.24) is 10.6 Å². The number of hydrogen-bond acceptors (Lipinski definition) is 5. The highest BCUT2D eigenvalue weighted by molar-refractivity contribution is 6.48. The van der Waals surface area contributed by atoms with Crippen LogP contribution in [0.25, 0.3) is 11.1 Å². The molecular weight excluding hydrogens is 599 g/mol. The second-order valence-corrected chi connectivity index (χ2v) is 15.6. The van der Waals surface area contributed by atoms with Gasteiger partial charge in [0.25, 0.3) is 0 Å². The third-order valence-corrected chi connectivity index (χ3v) is 11.9. The molecule has 1 heterocycles. The average molecular weight is 649 g/mol. The fourth-order valence-electron chi connectivity index (χ4n) is 9.11. The number of ether oxygens (including phenoxy) is 1. The molecule has 4 aliphatic carbocycles. The van der Waals surface area contributed by atoms with E-state index >= 15 is 0 Å². The molecule has 3 saturated carbocycles. The summed E-state index contributed by atoms with van der Waals surface area (Å²) in [5.41, 5.74) is 5.60. The zero-order valence-electron chi connectivity index (χ0n) is 28.9. The Morgan fingerprint density at radius 3 is 2.19 bits per heavy atom. The minimum Gasteiger partial charge on any atom is -0.449 e. The summed E-state index contributed by atoms with van der Waals surface area (Å²) in [6, 6.07) is 25.8. The molecule has 0 unspecified atom stereocenters. The van der Waals surface area contributed by atoms with E-state index in [9.17, 15) is 9.59 Å². The number of carbonyl (C=O) groups excluding carboxylic acids is 2. The van der Waals surface area contributed by atoms with Crippen molar-refractivity contribution < 1.29 is 23.6 Å². The van der Waals surface area contributed by atoms with Crippen molar-refractivity contribution in [3.05, 3.63) is 95.6 Å². The largest absolute Gasteiger partial charge is 0.481 e. The minimum absolute atomic E-state index is 0.0265. The van der Waals surface area contributed by atoms with E-state index in [4.69, 9.17) is 14.0 Å². The normalized spacial score (nSPS) is 26.1. The lowest BCUT2D eigenvalue weighted by molar-refractivity contribution is -0.199. The van der Waals surface area contributed by atoms with Gasteiger partial charge in [0, 0.05) is 5.92 Å². The summed E-state index contributed by atoms with van der Waals surface area (Å²) in [4.78, 5) is 27.5. The zero-order valence-corrected chi connectivity index (χ0v) is 28.9. The maximum atomic E-state index is 14.1. The first kappa shape index (κ1) is 32.9. The van der Waals surface area contributed by atoms with Crippen LogP contribution in [0.1, 0.15) is 82.9 Å². The highest BCUT2D eigenvalue weighted by Crippen LogP contribution is 2.65. The third kappa shape index (κ3) is 6.07. The van der Waals surface area contributed by atoms with E-state index in [2.05, 4.69) is 69.5 Å². The summed E-state index contributed by atoms with van der Waals surface area (Å²) < 4.78 is 19.3. The van der Waals surface area contributed by atoms with E-state index in [1.165, 1.54) is 17.5 Å². The Bertz CT molecular complexity index is 1600. The Hall–Kier alpha value is -3.62. The number of rotatable bonds is 11. The van der Waals surface area contributed by atoms with Gasteiger partial charge in [0.05, 0.1) is 17.6 Å².